The van der Waals surface area contributed by atoms with Crippen LogP contribution >= 0.6 is 0 Å². The van der Waals surface area contributed by atoms with E-state index < -0.39 is 0 Å². The van der Waals surface area contributed by atoms with Gasteiger partial charge >= 0.3 is 0 Å². The van der Waals surface area contributed by atoms with Crippen LogP contribution in [0.1, 0.15) is 12.5 Å². The highest BCUT2D eigenvalue weighted by atomic mass is 15.2. The second kappa shape index (κ2) is 3.29. The normalized spacial score (nSPS) is 15.1. The third-order valence-electron chi connectivity index (χ3n) is 2.57. The van der Waals surface area contributed by atoms with Gasteiger partial charge in [0.2, 0.25) is 0 Å². The third-order valence-corrected chi connectivity index (χ3v) is 2.57. The van der Waals surface area contributed by atoms with Crippen molar-refractivity contribution >= 4 is 11.4 Å². The monoisotopic (exact) mass is 176 g/mol. The van der Waals surface area contributed by atoms with Crippen molar-refractivity contribution in [3.05, 3.63) is 23.8 Å². The van der Waals surface area contributed by atoms with Crippen molar-refractivity contribution in [2.24, 2.45) is 0 Å². The summed E-state index contributed by atoms with van der Waals surface area (Å²) in [6.45, 7) is 7.61. The first kappa shape index (κ1) is 8.42. The van der Waals surface area contributed by atoms with E-state index in [1.807, 2.05) is 0 Å². The van der Waals surface area contributed by atoms with Gasteiger partial charge in [-0.05, 0) is 31.5 Å². The first-order chi connectivity index (χ1) is 6.31. The fraction of sp³-hybridized carbons (Fsp3) is 0.455. The zero-order valence-electron chi connectivity index (χ0n) is 8.30. The molecule has 2 rings (SSSR count). The van der Waals surface area contributed by atoms with Gasteiger partial charge in [-0.2, -0.15) is 0 Å². The van der Waals surface area contributed by atoms with Crippen molar-refractivity contribution in [2.75, 3.05) is 29.9 Å². The van der Waals surface area contributed by atoms with E-state index >= 15 is 0 Å². The topological polar surface area (TPSA) is 15.3 Å². The number of benzene rings is 1. The molecule has 0 spiro atoms. The predicted molar refractivity (Wildman–Crippen MR) is 57.6 cm³/mol. The molecular formula is C11H16N2. The van der Waals surface area contributed by atoms with E-state index in [1.54, 1.807) is 0 Å². The summed E-state index contributed by atoms with van der Waals surface area (Å²) in [6.07, 6.45) is 0. The molecule has 2 heteroatoms. The van der Waals surface area contributed by atoms with Crippen molar-refractivity contribution in [1.82, 2.24) is 0 Å². The Morgan fingerprint density at radius 2 is 2.31 bits per heavy atom. The number of nitrogens with one attached hydrogen (secondary N) is 1. The molecule has 1 heterocycles. The summed E-state index contributed by atoms with van der Waals surface area (Å²) in [5.74, 6) is 0. The van der Waals surface area contributed by atoms with Crippen LogP contribution in [0, 0.1) is 6.92 Å². The Balaban J connectivity index is 2.40. The largest absolute Gasteiger partial charge is 0.382 e. The summed E-state index contributed by atoms with van der Waals surface area (Å²) < 4.78 is 0. The first-order valence-electron chi connectivity index (χ1n) is 4.90. The SMILES string of the molecule is CCN1CCNc2cc(C)ccc21. The summed E-state index contributed by atoms with van der Waals surface area (Å²) in [5.41, 5.74) is 3.96. The Kier molecular flexibility index (Phi) is 2.13. The lowest BCUT2D eigenvalue weighted by Crippen LogP contribution is -2.33. The second-order valence-corrected chi connectivity index (χ2v) is 3.53. The van der Waals surface area contributed by atoms with Gasteiger partial charge in [-0.1, -0.05) is 6.07 Å². The van der Waals surface area contributed by atoms with Crippen molar-refractivity contribution in [1.29, 1.82) is 0 Å². The molecule has 0 atom stereocenters. The van der Waals surface area contributed by atoms with Crippen LogP contribution in [0.15, 0.2) is 18.2 Å². The summed E-state index contributed by atoms with van der Waals surface area (Å²) in [4.78, 5) is 2.41. The molecule has 0 saturated heterocycles. The maximum atomic E-state index is 3.43. The van der Waals surface area contributed by atoms with Gasteiger partial charge in [-0.3, -0.25) is 0 Å². The highest BCUT2D eigenvalue weighted by Crippen LogP contribution is 2.29. The van der Waals surface area contributed by atoms with Crippen LogP contribution in [0.25, 0.3) is 0 Å². The van der Waals surface area contributed by atoms with Crippen LogP contribution in [0.4, 0.5) is 11.4 Å². The number of hydrogen-bond donors (Lipinski definition) is 1. The van der Waals surface area contributed by atoms with Crippen LogP contribution in [0.3, 0.4) is 0 Å². The molecule has 13 heavy (non-hydrogen) atoms. The van der Waals surface area contributed by atoms with Crippen LogP contribution in [-0.4, -0.2) is 19.6 Å². The molecule has 0 radical (unpaired) electrons. The summed E-state index contributed by atoms with van der Waals surface area (Å²) >= 11 is 0. The average molecular weight is 176 g/mol. The van der Waals surface area contributed by atoms with Gasteiger partial charge in [-0.15, -0.1) is 0 Å². The Morgan fingerprint density at radius 1 is 1.46 bits per heavy atom. The molecule has 2 nitrogen and oxygen atoms in total. The molecule has 70 valence electrons. The van der Waals surface area contributed by atoms with E-state index in [0.29, 0.717) is 0 Å². The van der Waals surface area contributed by atoms with Crippen molar-refractivity contribution in [3.63, 3.8) is 0 Å². The van der Waals surface area contributed by atoms with Crippen LogP contribution in [-0.2, 0) is 0 Å². The maximum absolute atomic E-state index is 3.43. The lowest BCUT2D eigenvalue weighted by molar-refractivity contribution is 0.814. The van der Waals surface area contributed by atoms with Gasteiger partial charge in [0.25, 0.3) is 0 Å². The maximum Gasteiger partial charge on any atom is 0.0602 e. The number of nitrogens with zero attached hydrogens (tertiary/aromatic N) is 1. The zero-order chi connectivity index (χ0) is 9.26. The molecule has 1 aliphatic heterocycles. The molecular weight excluding hydrogens is 160 g/mol. The number of rotatable bonds is 1. The van der Waals surface area contributed by atoms with Crippen LogP contribution in [0.2, 0.25) is 0 Å². The Bertz CT molecular complexity index is 307. The average Bonchev–Trinajstić information content (AvgIpc) is 2.16. The predicted octanol–water partition coefficient (Wildman–Crippen LogP) is 2.25. The Hall–Kier alpha value is -1.18. The number of aryl methyl sites for hydroxylation is 1. The zero-order valence-corrected chi connectivity index (χ0v) is 8.30. The molecule has 0 amide bonds. The molecule has 0 fully saturated rings. The number of anilines is 2. The fourth-order valence-electron chi connectivity index (χ4n) is 1.84. The van der Waals surface area contributed by atoms with Gasteiger partial charge in [0.05, 0.1) is 11.4 Å². The molecule has 1 aromatic carbocycles. The van der Waals surface area contributed by atoms with Crippen LogP contribution in [0.5, 0.6) is 0 Å². The highest BCUT2D eigenvalue weighted by Gasteiger charge is 2.13. The second-order valence-electron chi connectivity index (χ2n) is 3.53. The van der Waals surface area contributed by atoms with Crippen molar-refractivity contribution in [3.8, 4) is 0 Å². The molecule has 0 aliphatic carbocycles. The smallest absolute Gasteiger partial charge is 0.0602 e. The van der Waals surface area contributed by atoms with E-state index in [1.165, 1.54) is 16.9 Å². The third kappa shape index (κ3) is 1.48. The summed E-state index contributed by atoms with van der Waals surface area (Å²) in [7, 11) is 0. The molecule has 0 unspecified atom stereocenters. The minimum atomic E-state index is 1.06. The quantitative estimate of drug-likeness (QED) is 0.706. The standard InChI is InChI=1S/C11H16N2/c1-3-13-7-6-12-10-8-9(2)4-5-11(10)13/h4-5,8,12H,3,6-7H2,1-2H3. The number of fused-ring (bicyclic) bond motifs is 1. The summed E-state index contributed by atoms with van der Waals surface area (Å²) in [6, 6.07) is 6.60. The fourth-order valence-corrected chi connectivity index (χ4v) is 1.84. The van der Waals surface area contributed by atoms with E-state index in [9.17, 15) is 0 Å². The van der Waals surface area contributed by atoms with Crippen LogP contribution < -0.4 is 10.2 Å². The molecule has 1 aliphatic rings. The van der Waals surface area contributed by atoms with E-state index in [0.717, 1.165) is 19.6 Å². The van der Waals surface area contributed by atoms with Gasteiger partial charge in [0.15, 0.2) is 0 Å². The van der Waals surface area contributed by atoms with E-state index in [4.69, 9.17) is 0 Å². The summed E-state index contributed by atoms with van der Waals surface area (Å²) in [5, 5.41) is 3.43. The minimum absolute atomic E-state index is 1.06. The van der Waals surface area contributed by atoms with Gasteiger partial charge < -0.3 is 10.2 Å². The molecule has 0 saturated carbocycles. The van der Waals surface area contributed by atoms with Gasteiger partial charge in [-0.25, -0.2) is 0 Å². The van der Waals surface area contributed by atoms with Gasteiger partial charge in [0.1, 0.15) is 0 Å². The molecule has 1 N–H and O–H groups in total. The minimum Gasteiger partial charge on any atom is -0.382 e. The van der Waals surface area contributed by atoms with Gasteiger partial charge in [0, 0.05) is 19.6 Å². The molecule has 0 bridgehead atoms. The van der Waals surface area contributed by atoms with E-state index in [2.05, 4.69) is 42.3 Å². The Labute approximate surface area is 79.6 Å². The lowest BCUT2D eigenvalue weighted by atomic mass is 10.1. The molecule has 1 aromatic rings. The first-order valence-corrected chi connectivity index (χ1v) is 4.90. The van der Waals surface area contributed by atoms with Crippen molar-refractivity contribution in [2.45, 2.75) is 13.8 Å². The lowest BCUT2D eigenvalue weighted by Gasteiger charge is -2.31. The molecule has 0 aromatic heterocycles. The van der Waals surface area contributed by atoms with Crippen molar-refractivity contribution < 1.29 is 0 Å². The Morgan fingerprint density at radius 3 is 3.08 bits per heavy atom. The number of likely N-dealkylation sites (N-methyl/N-ethyl adjacent to an activating group) is 1. The van der Waals surface area contributed by atoms with E-state index in [-0.39, 0.29) is 0 Å². The highest BCUT2D eigenvalue weighted by molar-refractivity contribution is 5.72. The number of hydrogen-bond acceptors (Lipinski definition) is 2.